The topological polar surface area (TPSA) is 66.8 Å². The normalized spacial score (nSPS) is 14.8. The van der Waals surface area contributed by atoms with E-state index in [0.717, 1.165) is 32.9 Å². The summed E-state index contributed by atoms with van der Waals surface area (Å²) in [7, 11) is 0. The molecule has 0 radical (unpaired) electrons. The lowest BCUT2D eigenvalue weighted by Crippen LogP contribution is -2.33. The van der Waals surface area contributed by atoms with Crippen molar-refractivity contribution in [3.8, 4) is 11.5 Å². The number of fused-ring (bicyclic) bond motifs is 1. The van der Waals surface area contributed by atoms with Gasteiger partial charge in [-0.15, -0.1) is 0 Å². The van der Waals surface area contributed by atoms with Gasteiger partial charge in [-0.2, -0.15) is 0 Å². The summed E-state index contributed by atoms with van der Waals surface area (Å²) >= 11 is 3.36. The summed E-state index contributed by atoms with van der Waals surface area (Å²) in [6, 6.07) is 16.8. The summed E-state index contributed by atoms with van der Waals surface area (Å²) in [5, 5.41) is 0. The molecule has 6 nitrogen and oxygen atoms in total. The van der Waals surface area contributed by atoms with Crippen LogP contribution in [0.3, 0.4) is 0 Å². The summed E-state index contributed by atoms with van der Waals surface area (Å²) in [6.45, 7) is 4.55. The third-order valence-electron chi connectivity index (χ3n) is 5.45. The zero-order chi connectivity index (χ0) is 22.7. The second kappa shape index (κ2) is 9.61. The summed E-state index contributed by atoms with van der Waals surface area (Å²) in [4.78, 5) is 24.9. The SMILES string of the molecule is Cc1cc(C(=O)COC(=O)Cc2ccc(Br)cc2)c(C)n1C[C@@H]1COc2ccccc2O1. The van der Waals surface area contributed by atoms with Gasteiger partial charge in [-0.25, -0.2) is 0 Å². The molecule has 1 aromatic heterocycles. The number of hydrogen-bond acceptors (Lipinski definition) is 5. The van der Waals surface area contributed by atoms with Gasteiger partial charge in [0.15, 0.2) is 24.2 Å². The molecule has 0 N–H and O–H groups in total. The Kier molecular flexibility index (Phi) is 6.65. The molecule has 3 aromatic rings. The molecule has 0 fully saturated rings. The molecule has 0 amide bonds. The lowest BCUT2D eigenvalue weighted by atomic mass is 10.1. The Morgan fingerprint density at radius 2 is 1.81 bits per heavy atom. The third kappa shape index (κ3) is 5.05. The van der Waals surface area contributed by atoms with E-state index in [4.69, 9.17) is 14.2 Å². The van der Waals surface area contributed by atoms with Crippen LogP contribution in [0.5, 0.6) is 11.5 Å². The number of ether oxygens (including phenoxy) is 3. The van der Waals surface area contributed by atoms with Crippen molar-refractivity contribution in [2.45, 2.75) is 32.9 Å². The van der Waals surface area contributed by atoms with Crippen molar-refractivity contribution in [2.24, 2.45) is 0 Å². The number of carbonyl (C=O) groups excluding carboxylic acids is 2. The van der Waals surface area contributed by atoms with E-state index >= 15 is 0 Å². The highest BCUT2D eigenvalue weighted by molar-refractivity contribution is 9.10. The van der Waals surface area contributed by atoms with Crippen LogP contribution in [0, 0.1) is 13.8 Å². The minimum Gasteiger partial charge on any atom is -0.486 e. The van der Waals surface area contributed by atoms with Crippen LogP contribution >= 0.6 is 15.9 Å². The van der Waals surface area contributed by atoms with E-state index in [-0.39, 0.29) is 24.9 Å². The summed E-state index contributed by atoms with van der Waals surface area (Å²) in [5.74, 6) is 0.811. The predicted molar refractivity (Wildman–Crippen MR) is 123 cm³/mol. The first kappa shape index (κ1) is 22.1. The van der Waals surface area contributed by atoms with Gasteiger partial charge in [-0.1, -0.05) is 40.2 Å². The molecule has 0 spiro atoms. The average molecular weight is 498 g/mol. The standard InChI is InChI=1S/C25H24BrNO5/c1-16-11-21(22(28)15-31-25(29)12-18-7-9-19(26)10-8-18)17(2)27(16)13-20-14-30-23-5-3-4-6-24(23)32-20/h3-11,20H,12-15H2,1-2H3/t20-/m1/s1. The molecule has 2 aromatic carbocycles. The lowest BCUT2D eigenvalue weighted by Gasteiger charge is -2.27. The molecule has 0 bridgehead atoms. The molecule has 2 heterocycles. The molecule has 1 aliphatic heterocycles. The number of carbonyl (C=O) groups is 2. The summed E-state index contributed by atoms with van der Waals surface area (Å²) in [5.41, 5.74) is 3.14. The van der Waals surface area contributed by atoms with Gasteiger partial charge in [0.2, 0.25) is 5.78 Å². The largest absolute Gasteiger partial charge is 0.486 e. The van der Waals surface area contributed by atoms with Gasteiger partial charge in [-0.3, -0.25) is 9.59 Å². The number of halogens is 1. The van der Waals surface area contributed by atoms with Crippen LogP contribution in [0.2, 0.25) is 0 Å². The zero-order valence-corrected chi connectivity index (χ0v) is 19.6. The first-order valence-electron chi connectivity index (χ1n) is 10.4. The molecule has 0 saturated carbocycles. The Bertz CT molecular complexity index is 1140. The zero-order valence-electron chi connectivity index (χ0n) is 18.0. The Morgan fingerprint density at radius 3 is 2.56 bits per heavy atom. The quantitative estimate of drug-likeness (QED) is 0.350. The Hall–Kier alpha value is -3.06. The van der Waals surface area contributed by atoms with Crippen LogP contribution in [-0.4, -0.2) is 35.6 Å². The molecular weight excluding hydrogens is 474 g/mol. The number of ketones is 1. The monoisotopic (exact) mass is 497 g/mol. The maximum atomic E-state index is 12.7. The number of nitrogens with zero attached hydrogens (tertiary/aromatic N) is 1. The molecule has 1 atom stereocenters. The van der Waals surface area contributed by atoms with Crippen molar-refractivity contribution in [3.05, 3.63) is 81.6 Å². The number of esters is 1. The number of para-hydroxylation sites is 2. The third-order valence-corrected chi connectivity index (χ3v) is 5.98. The van der Waals surface area contributed by atoms with E-state index in [1.54, 1.807) is 0 Å². The lowest BCUT2D eigenvalue weighted by molar-refractivity contribution is -0.141. The predicted octanol–water partition coefficient (Wildman–Crippen LogP) is 4.68. The van der Waals surface area contributed by atoms with Crippen LogP contribution < -0.4 is 9.47 Å². The number of aryl methyl sites for hydroxylation is 1. The smallest absolute Gasteiger partial charge is 0.310 e. The molecule has 32 heavy (non-hydrogen) atoms. The minimum absolute atomic E-state index is 0.125. The van der Waals surface area contributed by atoms with Gasteiger partial charge in [0.25, 0.3) is 0 Å². The Morgan fingerprint density at radius 1 is 1.09 bits per heavy atom. The fourth-order valence-corrected chi connectivity index (χ4v) is 4.03. The van der Waals surface area contributed by atoms with Crippen molar-refractivity contribution >= 4 is 27.7 Å². The van der Waals surface area contributed by atoms with Crippen molar-refractivity contribution < 1.29 is 23.8 Å². The average Bonchev–Trinajstić information content (AvgIpc) is 3.07. The molecule has 0 unspecified atom stereocenters. The molecular formula is C25H24BrNO5. The van der Waals surface area contributed by atoms with Crippen molar-refractivity contribution in [3.63, 3.8) is 0 Å². The number of rotatable bonds is 7. The fourth-order valence-electron chi connectivity index (χ4n) is 3.76. The highest BCUT2D eigenvalue weighted by Crippen LogP contribution is 2.31. The van der Waals surface area contributed by atoms with Crippen molar-refractivity contribution in [1.29, 1.82) is 0 Å². The van der Waals surface area contributed by atoms with E-state index in [0.29, 0.717) is 18.7 Å². The first-order valence-corrected chi connectivity index (χ1v) is 11.2. The first-order chi connectivity index (χ1) is 15.4. The van der Waals surface area contributed by atoms with Crippen LogP contribution in [0.4, 0.5) is 0 Å². The highest BCUT2D eigenvalue weighted by Gasteiger charge is 2.24. The van der Waals surface area contributed by atoms with Crippen LogP contribution in [-0.2, 0) is 22.5 Å². The van der Waals surface area contributed by atoms with Crippen LogP contribution in [0.25, 0.3) is 0 Å². The molecule has 7 heteroatoms. The van der Waals surface area contributed by atoms with Gasteiger partial charge >= 0.3 is 5.97 Å². The molecule has 0 saturated heterocycles. The number of aromatic nitrogens is 1. The van der Waals surface area contributed by atoms with E-state index in [1.807, 2.05) is 73.0 Å². The summed E-state index contributed by atoms with van der Waals surface area (Å²) in [6.07, 6.45) is -0.0403. The van der Waals surface area contributed by atoms with Gasteiger partial charge in [0.05, 0.1) is 13.0 Å². The second-order valence-corrected chi connectivity index (χ2v) is 8.70. The Balaban J connectivity index is 1.36. The van der Waals surface area contributed by atoms with E-state index < -0.39 is 5.97 Å². The van der Waals surface area contributed by atoms with E-state index in [2.05, 4.69) is 15.9 Å². The number of Topliss-reactive ketones (excluding diaryl/α,β-unsaturated/α-hetero) is 1. The number of hydrogen-bond donors (Lipinski definition) is 0. The van der Waals surface area contributed by atoms with Gasteiger partial charge in [0, 0.05) is 21.4 Å². The molecule has 4 rings (SSSR count). The Labute approximate surface area is 195 Å². The maximum Gasteiger partial charge on any atom is 0.310 e. The summed E-state index contributed by atoms with van der Waals surface area (Å²) < 4.78 is 20.1. The van der Waals surface area contributed by atoms with E-state index in [9.17, 15) is 9.59 Å². The maximum absolute atomic E-state index is 12.7. The van der Waals surface area contributed by atoms with Crippen LogP contribution in [0.1, 0.15) is 27.3 Å². The highest BCUT2D eigenvalue weighted by atomic mass is 79.9. The minimum atomic E-state index is -0.430. The molecule has 166 valence electrons. The van der Waals surface area contributed by atoms with Crippen molar-refractivity contribution in [1.82, 2.24) is 4.57 Å². The second-order valence-electron chi connectivity index (χ2n) is 7.78. The fraction of sp³-hybridized carbons (Fsp3) is 0.280. The van der Waals surface area contributed by atoms with Gasteiger partial charge < -0.3 is 18.8 Å². The molecule has 1 aliphatic rings. The van der Waals surface area contributed by atoms with Gasteiger partial charge in [-0.05, 0) is 49.7 Å². The van der Waals surface area contributed by atoms with Crippen molar-refractivity contribution in [2.75, 3.05) is 13.2 Å². The van der Waals surface area contributed by atoms with Crippen LogP contribution in [0.15, 0.2) is 59.1 Å². The van der Waals surface area contributed by atoms with E-state index in [1.165, 1.54) is 0 Å². The number of benzene rings is 2. The molecule has 0 aliphatic carbocycles. The van der Waals surface area contributed by atoms with Gasteiger partial charge in [0.1, 0.15) is 6.61 Å².